The van der Waals surface area contributed by atoms with Crippen LogP contribution in [0.15, 0.2) is 53.4 Å². The third-order valence-corrected chi connectivity index (χ3v) is 8.46. The van der Waals surface area contributed by atoms with Gasteiger partial charge in [-0.25, -0.2) is 13.4 Å². The van der Waals surface area contributed by atoms with E-state index in [-0.39, 0.29) is 16.5 Å². The number of piperazine rings is 1. The number of para-hydroxylation sites is 1. The van der Waals surface area contributed by atoms with Crippen LogP contribution in [0.3, 0.4) is 0 Å². The van der Waals surface area contributed by atoms with Crippen LogP contribution < -0.4 is 4.90 Å². The van der Waals surface area contributed by atoms with E-state index in [2.05, 4.69) is 13.0 Å². The molecule has 1 fully saturated rings. The van der Waals surface area contributed by atoms with Crippen molar-refractivity contribution < 1.29 is 13.3 Å². The van der Waals surface area contributed by atoms with Crippen LogP contribution in [0.2, 0.25) is 0 Å². The normalized spacial score (nSPS) is 17.4. The van der Waals surface area contributed by atoms with Crippen molar-refractivity contribution >= 4 is 31.6 Å². The Morgan fingerprint density at radius 3 is 2.54 bits per heavy atom. The average Bonchev–Trinajstić information content (AvgIpc) is 3.17. The van der Waals surface area contributed by atoms with Crippen LogP contribution in [-0.2, 0) is 10.0 Å². The molecule has 0 spiro atoms. The second-order valence-electron chi connectivity index (χ2n) is 6.91. The van der Waals surface area contributed by atoms with Gasteiger partial charge in [-0.05, 0) is 31.2 Å². The maximum absolute atomic E-state index is 13.0. The zero-order valence-corrected chi connectivity index (χ0v) is 17.1. The van der Waals surface area contributed by atoms with Gasteiger partial charge in [0.1, 0.15) is 12.1 Å². The quantitative estimate of drug-likeness (QED) is 0.708. The van der Waals surface area contributed by atoms with Gasteiger partial charge in [0.15, 0.2) is 5.01 Å². The SMILES string of the molecule is C[C@@H](c1nc2ccccc2s1)[NH+]1CCN(S(=O)(=O)c2ccccc2C#N)CC1. The van der Waals surface area contributed by atoms with Gasteiger partial charge in [-0.3, -0.25) is 0 Å². The molecule has 0 saturated carbocycles. The molecule has 6 nitrogen and oxygen atoms in total. The van der Waals surface area contributed by atoms with Crippen molar-refractivity contribution in [3.63, 3.8) is 0 Å². The summed E-state index contributed by atoms with van der Waals surface area (Å²) in [4.78, 5) is 6.19. The minimum atomic E-state index is -3.65. The van der Waals surface area contributed by atoms with Crippen LogP contribution in [-0.4, -0.2) is 43.9 Å². The summed E-state index contributed by atoms with van der Waals surface area (Å²) in [5.41, 5.74) is 1.21. The number of quaternary nitrogens is 1. The second-order valence-corrected chi connectivity index (χ2v) is 9.88. The fourth-order valence-corrected chi connectivity index (χ4v) is 6.28. The first-order chi connectivity index (χ1) is 13.5. The highest BCUT2D eigenvalue weighted by Gasteiger charge is 2.34. The molecule has 1 aliphatic rings. The predicted octanol–water partition coefficient (Wildman–Crippen LogP) is 1.82. The number of hydrogen-bond donors (Lipinski definition) is 1. The van der Waals surface area contributed by atoms with Gasteiger partial charge in [-0.15, -0.1) is 11.3 Å². The highest BCUT2D eigenvalue weighted by molar-refractivity contribution is 7.89. The Morgan fingerprint density at radius 1 is 1.14 bits per heavy atom. The number of thiazole rings is 1. The van der Waals surface area contributed by atoms with E-state index in [0.29, 0.717) is 26.2 Å². The first-order valence-electron chi connectivity index (χ1n) is 9.20. The van der Waals surface area contributed by atoms with E-state index in [9.17, 15) is 13.7 Å². The average molecular weight is 414 g/mol. The number of aromatic nitrogens is 1. The van der Waals surface area contributed by atoms with Crippen LogP contribution in [0.4, 0.5) is 0 Å². The summed E-state index contributed by atoms with van der Waals surface area (Å²) in [6, 6.07) is 16.7. The largest absolute Gasteiger partial charge is 0.325 e. The van der Waals surface area contributed by atoms with Crippen LogP contribution in [0.25, 0.3) is 10.2 Å². The topological polar surface area (TPSA) is 78.5 Å². The molecule has 2 heterocycles. The first-order valence-corrected chi connectivity index (χ1v) is 11.5. The van der Waals surface area contributed by atoms with Crippen molar-refractivity contribution in [2.24, 2.45) is 0 Å². The van der Waals surface area contributed by atoms with E-state index in [1.807, 2.05) is 24.3 Å². The number of nitriles is 1. The Bertz CT molecular complexity index is 1110. The molecule has 1 saturated heterocycles. The highest BCUT2D eigenvalue weighted by atomic mass is 32.2. The lowest BCUT2D eigenvalue weighted by atomic mass is 10.2. The van der Waals surface area contributed by atoms with E-state index < -0.39 is 10.0 Å². The molecule has 0 aliphatic carbocycles. The van der Waals surface area contributed by atoms with Crippen LogP contribution in [0.5, 0.6) is 0 Å². The maximum Gasteiger partial charge on any atom is 0.244 e. The molecule has 1 aliphatic heterocycles. The van der Waals surface area contributed by atoms with Gasteiger partial charge in [-0.2, -0.15) is 9.57 Å². The van der Waals surface area contributed by atoms with Crippen molar-refractivity contribution in [3.8, 4) is 6.07 Å². The van der Waals surface area contributed by atoms with Crippen LogP contribution >= 0.6 is 11.3 Å². The molecule has 1 N–H and O–H groups in total. The molecule has 0 amide bonds. The Balaban J connectivity index is 1.49. The summed E-state index contributed by atoms with van der Waals surface area (Å²) in [5.74, 6) is 0. The summed E-state index contributed by atoms with van der Waals surface area (Å²) in [5, 5.41) is 10.3. The second kappa shape index (κ2) is 7.60. The number of hydrogen-bond acceptors (Lipinski definition) is 5. The molecule has 28 heavy (non-hydrogen) atoms. The fraction of sp³-hybridized carbons (Fsp3) is 0.300. The Hall–Kier alpha value is -2.31. The number of nitrogens with zero attached hydrogens (tertiary/aromatic N) is 3. The lowest BCUT2D eigenvalue weighted by molar-refractivity contribution is -0.933. The van der Waals surface area contributed by atoms with Crippen LogP contribution in [0.1, 0.15) is 23.5 Å². The Morgan fingerprint density at radius 2 is 1.82 bits per heavy atom. The highest BCUT2D eigenvalue weighted by Crippen LogP contribution is 2.25. The molecule has 1 atom stereocenters. The molecule has 8 heteroatoms. The van der Waals surface area contributed by atoms with Crippen molar-refractivity contribution in [2.75, 3.05) is 26.2 Å². The number of fused-ring (bicyclic) bond motifs is 1. The Labute approximate surface area is 168 Å². The molecule has 1 aromatic heterocycles. The van der Waals surface area contributed by atoms with Gasteiger partial charge in [0.25, 0.3) is 0 Å². The van der Waals surface area contributed by atoms with Gasteiger partial charge in [-0.1, -0.05) is 24.3 Å². The zero-order chi connectivity index (χ0) is 19.7. The lowest BCUT2D eigenvalue weighted by Crippen LogP contribution is -3.14. The molecular formula is C20H21N4O2S2+. The summed E-state index contributed by atoms with van der Waals surface area (Å²) >= 11 is 1.71. The molecule has 144 valence electrons. The third kappa shape index (κ3) is 3.42. The number of rotatable bonds is 4. The molecule has 2 aromatic carbocycles. The number of benzene rings is 2. The van der Waals surface area contributed by atoms with E-state index in [1.54, 1.807) is 29.5 Å². The molecule has 4 rings (SSSR count). The molecule has 0 unspecified atom stereocenters. The minimum absolute atomic E-state index is 0.0974. The maximum atomic E-state index is 13.0. The summed E-state index contributed by atoms with van der Waals surface area (Å²) in [6.45, 7) is 4.46. The summed E-state index contributed by atoms with van der Waals surface area (Å²) in [6.07, 6.45) is 0. The van der Waals surface area contributed by atoms with Crippen molar-refractivity contribution in [2.45, 2.75) is 17.9 Å². The number of nitrogens with one attached hydrogen (secondary N) is 1. The molecular weight excluding hydrogens is 392 g/mol. The standard InChI is InChI=1S/C20H20N4O2S2/c1-15(20-22-17-7-3-4-8-18(17)27-20)23-10-12-24(13-11-23)28(25,26)19-9-5-2-6-16(19)14-21/h2-9,15H,10-13H2,1H3/p+1/t15-/m0/s1. The van der Waals surface area contributed by atoms with Crippen molar-refractivity contribution in [1.82, 2.24) is 9.29 Å². The monoisotopic (exact) mass is 413 g/mol. The van der Waals surface area contributed by atoms with E-state index >= 15 is 0 Å². The van der Waals surface area contributed by atoms with E-state index in [1.165, 1.54) is 20.0 Å². The van der Waals surface area contributed by atoms with E-state index in [0.717, 1.165) is 10.5 Å². The summed E-state index contributed by atoms with van der Waals surface area (Å²) < 4.78 is 28.6. The fourth-order valence-electron chi connectivity index (χ4n) is 3.62. The smallest absolute Gasteiger partial charge is 0.244 e. The van der Waals surface area contributed by atoms with E-state index in [4.69, 9.17) is 4.98 Å². The zero-order valence-electron chi connectivity index (χ0n) is 15.5. The van der Waals surface area contributed by atoms with Gasteiger partial charge in [0.05, 0.1) is 46.9 Å². The Kier molecular flexibility index (Phi) is 5.17. The lowest BCUT2D eigenvalue weighted by Gasteiger charge is -2.34. The predicted molar refractivity (Wildman–Crippen MR) is 109 cm³/mol. The molecule has 0 radical (unpaired) electrons. The van der Waals surface area contributed by atoms with Gasteiger partial charge in [0, 0.05) is 0 Å². The summed E-state index contributed by atoms with van der Waals surface area (Å²) in [7, 11) is -3.65. The van der Waals surface area contributed by atoms with Gasteiger partial charge < -0.3 is 4.90 Å². The van der Waals surface area contributed by atoms with Crippen molar-refractivity contribution in [1.29, 1.82) is 5.26 Å². The van der Waals surface area contributed by atoms with Crippen molar-refractivity contribution in [3.05, 3.63) is 59.1 Å². The van der Waals surface area contributed by atoms with Gasteiger partial charge >= 0.3 is 0 Å². The molecule has 3 aromatic rings. The number of sulfonamides is 1. The van der Waals surface area contributed by atoms with Gasteiger partial charge in [0.2, 0.25) is 10.0 Å². The first kappa shape index (κ1) is 19.0. The van der Waals surface area contributed by atoms with Crippen LogP contribution in [0, 0.1) is 11.3 Å². The minimum Gasteiger partial charge on any atom is -0.325 e. The third-order valence-electron chi connectivity index (χ3n) is 5.28. The molecule has 0 bridgehead atoms.